The number of hydrogen-bond donors (Lipinski definition) is 4. The van der Waals surface area contributed by atoms with Crippen molar-refractivity contribution in [3.05, 3.63) is 23.1 Å². The van der Waals surface area contributed by atoms with Gasteiger partial charge in [-0.2, -0.15) is 8.42 Å². The summed E-state index contributed by atoms with van der Waals surface area (Å²) in [5.41, 5.74) is 0.262. The largest absolute Gasteiger partial charge is 0.506 e. The zero-order valence-corrected chi connectivity index (χ0v) is 17.0. The number of carbonyl (C=O) groups is 1. The number of fused-ring (bicyclic) bond motifs is 1. The molecule has 1 aromatic rings. The molecule has 4 N–H and O–H groups in total. The Labute approximate surface area is 173 Å². The highest BCUT2D eigenvalue weighted by Crippen LogP contribution is 2.47. The van der Waals surface area contributed by atoms with Crippen LogP contribution in [0.4, 0.5) is 15.8 Å². The monoisotopic (exact) mass is 438 g/mol. The van der Waals surface area contributed by atoms with Gasteiger partial charge in [-0.1, -0.05) is 12.8 Å². The summed E-state index contributed by atoms with van der Waals surface area (Å²) in [6.45, 7) is -0.614. The molecule has 0 aromatic heterocycles. The molecule has 9 nitrogen and oxygen atoms in total. The zero-order valence-electron chi connectivity index (χ0n) is 16.1. The van der Waals surface area contributed by atoms with E-state index in [0.717, 1.165) is 38.5 Å². The Hall–Kier alpha value is -2.53. The number of aromatic hydroxyl groups is 1. The molecule has 162 valence electrons. The van der Waals surface area contributed by atoms with Gasteiger partial charge in [0.25, 0.3) is 5.91 Å². The summed E-state index contributed by atoms with van der Waals surface area (Å²) in [5.74, 6) is -2.36. The number of aliphatic hydroxyl groups is 1. The average molecular weight is 438 g/mol. The maximum atomic E-state index is 15.6. The Bertz CT molecular complexity index is 1050. The lowest BCUT2D eigenvalue weighted by atomic mass is 10.0. The van der Waals surface area contributed by atoms with E-state index in [1.54, 1.807) is 9.62 Å². The van der Waals surface area contributed by atoms with Crippen LogP contribution in [0.5, 0.6) is 5.75 Å². The topological polar surface area (TPSA) is 122 Å². The number of nitrogens with one attached hydrogen (secondary N) is 2. The summed E-state index contributed by atoms with van der Waals surface area (Å²) in [7, 11) is -4.29. The van der Waals surface area contributed by atoms with Gasteiger partial charge in [0.05, 0.1) is 11.4 Å². The number of rotatable bonds is 4. The number of hydrogen-bond acceptors (Lipinski definition) is 7. The van der Waals surface area contributed by atoms with E-state index in [9.17, 15) is 23.4 Å². The highest BCUT2D eigenvalue weighted by Gasteiger charge is 2.43. The molecule has 4 aliphatic rings. The van der Waals surface area contributed by atoms with Gasteiger partial charge in [-0.15, -0.1) is 0 Å². The van der Waals surface area contributed by atoms with E-state index in [1.165, 1.54) is 12.1 Å². The summed E-state index contributed by atoms with van der Waals surface area (Å²) in [6.07, 6.45) is 6.23. The fourth-order valence-electron chi connectivity index (χ4n) is 4.54. The lowest BCUT2D eigenvalue weighted by molar-refractivity contribution is -0.117. The smallest absolute Gasteiger partial charge is 0.326 e. The van der Waals surface area contributed by atoms with E-state index in [2.05, 4.69) is 5.32 Å². The molecule has 3 fully saturated rings. The van der Waals surface area contributed by atoms with Gasteiger partial charge in [-0.25, -0.2) is 13.4 Å². The molecule has 11 heteroatoms. The summed E-state index contributed by atoms with van der Waals surface area (Å²) < 4.78 is 42.4. The minimum absolute atomic E-state index is 0.0104. The van der Waals surface area contributed by atoms with Crippen molar-refractivity contribution in [1.82, 2.24) is 10.0 Å². The molecule has 0 bridgehead atoms. The molecule has 2 saturated carbocycles. The molecule has 2 aliphatic carbocycles. The van der Waals surface area contributed by atoms with E-state index >= 15 is 4.39 Å². The third-order valence-electron chi connectivity index (χ3n) is 6.09. The van der Waals surface area contributed by atoms with Crippen LogP contribution in [-0.4, -0.2) is 49.4 Å². The predicted octanol–water partition coefficient (Wildman–Crippen LogP) is 0.886. The van der Waals surface area contributed by atoms with Gasteiger partial charge in [-0.05, 0) is 31.8 Å². The van der Waals surface area contributed by atoms with E-state index in [1.807, 2.05) is 0 Å². The Kier molecular flexibility index (Phi) is 4.37. The van der Waals surface area contributed by atoms with E-state index < -0.39 is 46.1 Å². The lowest BCUT2D eigenvalue weighted by Crippen LogP contribution is -2.46. The molecule has 1 atom stereocenters. The second-order valence-electron chi connectivity index (χ2n) is 8.27. The summed E-state index contributed by atoms with van der Waals surface area (Å²) in [4.78, 5) is 13.3. The molecule has 1 saturated heterocycles. The first kappa shape index (κ1) is 19.4. The molecule has 30 heavy (non-hydrogen) atoms. The van der Waals surface area contributed by atoms with Crippen molar-refractivity contribution in [2.75, 3.05) is 15.7 Å². The molecule has 1 amide bonds. The van der Waals surface area contributed by atoms with Gasteiger partial charge < -0.3 is 20.4 Å². The van der Waals surface area contributed by atoms with Crippen molar-refractivity contribution in [3.8, 4) is 5.75 Å². The minimum atomic E-state index is -4.29. The highest BCUT2D eigenvalue weighted by molar-refractivity contribution is 7.92. The highest BCUT2D eigenvalue weighted by atomic mass is 32.2. The number of nitrogens with zero attached hydrogens (tertiary/aromatic N) is 2. The van der Waals surface area contributed by atoms with Crippen LogP contribution in [0, 0.1) is 5.82 Å². The van der Waals surface area contributed by atoms with E-state index in [0.29, 0.717) is 15.7 Å². The molecular formula is C19H23FN4O5S. The SMILES string of the molecule is O=C1CN(c2c(O)cc3c(c2F)C=C(NC2CCCC2)C(O)N3C2CC2)S(=O)(=O)N1. The summed E-state index contributed by atoms with van der Waals surface area (Å²) >= 11 is 0. The number of anilines is 2. The minimum Gasteiger partial charge on any atom is -0.506 e. The number of benzene rings is 1. The average Bonchev–Trinajstić information content (AvgIpc) is 3.29. The van der Waals surface area contributed by atoms with Gasteiger partial charge in [0.15, 0.2) is 12.0 Å². The van der Waals surface area contributed by atoms with Crippen LogP contribution < -0.4 is 19.2 Å². The number of phenolic OH excluding ortho intramolecular Hbond substituents is 1. The second kappa shape index (κ2) is 6.74. The molecule has 0 radical (unpaired) electrons. The number of aliphatic hydroxyl groups excluding tert-OH is 1. The van der Waals surface area contributed by atoms with Crippen LogP contribution in [0.1, 0.15) is 44.1 Å². The van der Waals surface area contributed by atoms with Gasteiger partial charge in [0, 0.05) is 23.7 Å². The van der Waals surface area contributed by atoms with Crippen LogP contribution in [-0.2, 0) is 15.0 Å². The normalized spacial score (nSPS) is 25.9. The van der Waals surface area contributed by atoms with E-state index in [-0.39, 0.29) is 17.6 Å². The Morgan fingerprint density at radius 3 is 2.50 bits per heavy atom. The van der Waals surface area contributed by atoms with Gasteiger partial charge in [-0.3, -0.25) is 4.79 Å². The molecule has 0 spiro atoms. The van der Waals surface area contributed by atoms with Gasteiger partial charge >= 0.3 is 10.2 Å². The first-order valence-electron chi connectivity index (χ1n) is 10.1. The molecular weight excluding hydrogens is 415 g/mol. The standard InChI is InChI=1S/C19H23FN4O5S/c20-17-12-7-13(21-10-3-1-2-4-10)19(27)24(11-5-6-11)14(12)8-15(25)18(17)23-9-16(26)22-30(23,28)29/h7-8,10-11,19,21,25,27H,1-6,9H2,(H,22,26). The number of carbonyl (C=O) groups excluding carboxylic acids is 1. The van der Waals surface area contributed by atoms with Gasteiger partial charge in [0.1, 0.15) is 18.0 Å². The van der Waals surface area contributed by atoms with Crippen molar-refractivity contribution < 1.29 is 27.8 Å². The fraction of sp³-hybridized carbons (Fsp3) is 0.526. The first-order valence-corrected chi connectivity index (χ1v) is 11.5. The third-order valence-corrected chi connectivity index (χ3v) is 7.47. The van der Waals surface area contributed by atoms with Crippen LogP contribution in [0.25, 0.3) is 6.08 Å². The van der Waals surface area contributed by atoms with Crippen molar-refractivity contribution >= 4 is 33.6 Å². The second-order valence-corrected chi connectivity index (χ2v) is 9.86. The Morgan fingerprint density at radius 2 is 1.90 bits per heavy atom. The van der Waals surface area contributed by atoms with Crippen LogP contribution >= 0.6 is 0 Å². The molecule has 1 unspecified atom stereocenters. The number of halogens is 1. The third kappa shape index (κ3) is 3.07. The maximum Gasteiger partial charge on any atom is 0.326 e. The zero-order chi connectivity index (χ0) is 21.2. The van der Waals surface area contributed by atoms with Crippen LogP contribution in [0.15, 0.2) is 11.8 Å². The Morgan fingerprint density at radius 1 is 1.20 bits per heavy atom. The number of amides is 1. The Balaban J connectivity index is 1.63. The summed E-state index contributed by atoms with van der Waals surface area (Å²) in [5, 5.41) is 24.8. The molecule has 2 aliphatic heterocycles. The predicted molar refractivity (Wildman–Crippen MR) is 107 cm³/mol. The molecule has 2 heterocycles. The van der Waals surface area contributed by atoms with Gasteiger partial charge in [0.2, 0.25) is 0 Å². The van der Waals surface area contributed by atoms with Crippen molar-refractivity contribution in [1.29, 1.82) is 0 Å². The molecule has 1 aromatic carbocycles. The van der Waals surface area contributed by atoms with Crippen LogP contribution in [0.2, 0.25) is 0 Å². The quantitative estimate of drug-likeness (QED) is 0.551. The van der Waals surface area contributed by atoms with Crippen molar-refractivity contribution in [2.45, 2.75) is 56.8 Å². The molecule has 5 rings (SSSR count). The number of phenols is 1. The lowest BCUT2D eigenvalue weighted by Gasteiger charge is -2.38. The van der Waals surface area contributed by atoms with E-state index in [4.69, 9.17) is 0 Å². The van der Waals surface area contributed by atoms with Crippen LogP contribution in [0.3, 0.4) is 0 Å². The fourth-order valence-corrected chi connectivity index (χ4v) is 5.71. The summed E-state index contributed by atoms with van der Waals surface area (Å²) in [6, 6.07) is 1.46. The van der Waals surface area contributed by atoms with Crippen molar-refractivity contribution in [3.63, 3.8) is 0 Å². The first-order chi connectivity index (χ1) is 14.3. The van der Waals surface area contributed by atoms with Crippen molar-refractivity contribution in [2.24, 2.45) is 0 Å². The maximum absolute atomic E-state index is 15.6.